The summed E-state index contributed by atoms with van der Waals surface area (Å²) in [6.45, 7) is 0. The molecule has 2 aromatic heterocycles. The topological polar surface area (TPSA) is 159 Å². The minimum atomic E-state index is -1.16. The number of H-pyrrole nitrogens is 2. The third-order valence-electron chi connectivity index (χ3n) is 3.65. The zero-order chi connectivity index (χ0) is 20.4. The van der Waals surface area contributed by atoms with E-state index in [0.29, 0.717) is 11.3 Å². The lowest BCUT2D eigenvalue weighted by Crippen LogP contribution is -2.25. The van der Waals surface area contributed by atoms with E-state index in [0.717, 1.165) is 6.08 Å². The van der Waals surface area contributed by atoms with Gasteiger partial charge >= 0.3 is 22.9 Å². The summed E-state index contributed by atoms with van der Waals surface area (Å²) < 4.78 is 5.57. The van der Waals surface area contributed by atoms with E-state index in [1.54, 1.807) is 17.1 Å². The summed E-state index contributed by atoms with van der Waals surface area (Å²) in [7, 11) is 0. The van der Waals surface area contributed by atoms with Gasteiger partial charge in [-0.15, -0.1) is 0 Å². The summed E-state index contributed by atoms with van der Waals surface area (Å²) >= 11 is 5.93. The molecule has 0 amide bonds. The maximum Gasteiger partial charge on any atom is 0.357 e. The summed E-state index contributed by atoms with van der Waals surface area (Å²) in [4.78, 5) is 48.0. The highest BCUT2D eigenvalue weighted by atomic mass is 35.5. The second-order valence-corrected chi connectivity index (χ2v) is 5.87. The maximum absolute atomic E-state index is 11.6. The molecular weight excluding hydrogens is 394 g/mol. The van der Waals surface area contributed by atoms with E-state index in [-0.39, 0.29) is 22.0 Å². The highest BCUT2D eigenvalue weighted by Gasteiger charge is 2.19. The van der Waals surface area contributed by atoms with Gasteiger partial charge in [0, 0.05) is 5.56 Å². The maximum atomic E-state index is 11.6. The lowest BCUT2D eigenvalue weighted by atomic mass is 10.1. The van der Waals surface area contributed by atoms with Crippen LogP contribution in [0.2, 0.25) is 5.02 Å². The van der Waals surface area contributed by atoms with Crippen LogP contribution in [-0.4, -0.2) is 26.0 Å². The van der Waals surface area contributed by atoms with Crippen molar-refractivity contribution in [2.75, 3.05) is 0 Å². The van der Waals surface area contributed by atoms with Crippen LogP contribution in [0.3, 0.4) is 0 Å². The lowest BCUT2D eigenvalue weighted by Gasteiger charge is -2.01. The zero-order valence-electron chi connectivity index (χ0n) is 13.8. The van der Waals surface area contributed by atoms with Gasteiger partial charge in [-0.1, -0.05) is 17.7 Å². The number of benzene rings is 1. The molecule has 0 aliphatic rings. The predicted molar refractivity (Wildman–Crippen MR) is 99.4 cm³/mol. The van der Waals surface area contributed by atoms with Gasteiger partial charge in [-0.05, 0) is 36.4 Å². The molecule has 3 rings (SSSR count). The fraction of sp³-hybridized carbons (Fsp3) is 0. The van der Waals surface area contributed by atoms with E-state index in [2.05, 4.69) is 4.98 Å². The molecule has 0 aliphatic heterocycles. The number of aromatic amines is 2. The van der Waals surface area contributed by atoms with Gasteiger partial charge in [0.15, 0.2) is 0 Å². The molecule has 11 heteroatoms. The summed E-state index contributed by atoms with van der Waals surface area (Å²) in [5.41, 5.74) is -2.64. The fourth-order valence-corrected chi connectivity index (χ4v) is 2.67. The number of aromatic nitrogens is 2. The minimum absolute atomic E-state index is 0.0372. The summed E-state index contributed by atoms with van der Waals surface area (Å²) in [5.74, 6) is -0.524. The van der Waals surface area contributed by atoms with Crippen LogP contribution in [0.15, 0.2) is 44.3 Å². The average Bonchev–Trinajstić information content (AvgIpc) is 3.07. The molecule has 0 bridgehead atoms. The smallest absolute Gasteiger partial charge is 0.357 e. The molecule has 0 fully saturated rings. The van der Waals surface area contributed by atoms with Gasteiger partial charge in [-0.3, -0.25) is 19.9 Å². The number of carbonyl (C=O) groups is 1. The fourth-order valence-electron chi connectivity index (χ4n) is 2.40. The molecule has 0 aliphatic carbocycles. The van der Waals surface area contributed by atoms with Crippen molar-refractivity contribution in [2.45, 2.75) is 0 Å². The van der Waals surface area contributed by atoms with Crippen LogP contribution in [0.25, 0.3) is 23.5 Å². The Morgan fingerprint density at radius 2 is 1.93 bits per heavy atom. The van der Waals surface area contributed by atoms with Crippen LogP contribution in [-0.2, 0) is 0 Å². The first-order chi connectivity index (χ1) is 13.3. The first-order valence-corrected chi connectivity index (χ1v) is 7.96. The molecule has 3 aromatic rings. The molecule has 3 N–H and O–H groups in total. The Bertz CT molecular complexity index is 1240. The molecule has 2 heterocycles. The van der Waals surface area contributed by atoms with E-state index in [4.69, 9.17) is 21.1 Å². The Hall–Kier alpha value is -3.92. The van der Waals surface area contributed by atoms with E-state index in [1.807, 2.05) is 0 Å². The molecular formula is C17H10ClN3O7. The highest BCUT2D eigenvalue weighted by molar-refractivity contribution is 6.33. The largest absolute Gasteiger partial charge is 0.478 e. The molecule has 0 saturated heterocycles. The monoisotopic (exact) mass is 403 g/mol. The van der Waals surface area contributed by atoms with Crippen molar-refractivity contribution in [3.63, 3.8) is 0 Å². The van der Waals surface area contributed by atoms with Gasteiger partial charge in [0.25, 0.3) is 0 Å². The van der Waals surface area contributed by atoms with Crippen molar-refractivity contribution >= 4 is 35.4 Å². The first kappa shape index (κ1) is 18.9. The third kappa shape index (κ3) is 3.76. The van der Waals surface area contributed by atoms with E-state index < -0.39 is 27.8 Å². The SMILES string of the molecule is O=C(O)c1ccc(-c2ccc(C=Cc3[nH]c(=O)[nH]c(=O)c3[N+](=O)[O-])o2)cc1Cl. The van der Waals surface area contributed by atoms with Crippen LogP contribution in [0, 0.1) is 10.1 Å². The zero-order valence-corrected chi connectivity index (χ0v) is 14.5. The van der Waals surface area contributed by atoms with Crippen LogP contribution < -0.4 is 11.2 Å². The van der Waals surface area contributed by atoms with Gasteiger partial charge in [0.05, 0.1) is 15.5 Å². The molecule has 142 valence electrons. The van der Waals surface area contributed by atoms with Gasteiger partial charge in [-0.25, -0.2) is 9.59 Å². The second kappa shape index (κ2) is 7.37. The van der Waals surface area contributed by atoms with E-state index in [1.165, 1.54) is 24.3 Å². The van der Waals surface area contributed by atoms with Gasteiger partial charge in [0.1, 0.15) is 17.2 Å². The van der Waals surface area contributed by atoms with Gasteiger partial charge in [0.2, 0.25) is 0 Å². The quantitative estimate of drug-likeness (QED) is 0.436. The van der Waals surface area contributed by atoms with Crippen LogP contribution >= 0.6 is 11.6 Å². The van der Waals surface area contributed by atoms with Crippen molar-refractivity contribution in [2.24, 2.45) is 0 Å². The number of hydrogen-bond acceptors (Lipinski definition) is 6. The highest BCUT2D eigenvalue weighted by Crippen LogP contribution is 2.28. The number of nitrogens with one attached hydrogen (secondary N) is 2. The summed E-state index contributed by atoms with van der Waals surface area (Å²) in [6, 6.07) is 7.40. The number of nitrogens with zero attached hydrogens (tertiary/aromatic N) is 1. The van der Waals surface area contributed by atoms with E-state index >= 15 is 0 Å². The standard InChI is InChI=1S/C17H10ClN3O7/c18-11-7-8(1-4-10(11)16(23)24)13-6-3-9(28-13)2-5-12-14(21(26)27)15(22)20-17(25)19-12/h1-7H,(H,23,24)(H2,19,20,22,25). The van der Waals surface area contributed by atoms with Crippen LogP contribution in [0.1, 0.15) is 21.8 Å². The Balaban J connectivity index is 1.93. The number of furan rings is 1. The number of rotatable bonds is 5. The normalized spacial score (nSPS) is 11.0. The third-order valence-corrected chi connectivity index (χ3v) is 3.97. The van der Waals surface area contributed by atoms with E-state index in [9.17, 15) is 24.5 Å². The molecule has 0 atom stereocenters. The predicted octanol–water partition coefficient (Wildman–Crippen LogP) is 2.75. The number of aromatic carboxylic acids is 1. The Labute approximate surface area is 159 Å². The number of carboxylic acid groups (broad SMARTS) is 1. The number of nitro groups is 1. The molecule has 28 heavy (non-hydrogen) atoms. The molecule has 10 nitrogen and oxygen atoms in total. The number of halogens is 1. The lowest BCUT2D eigenvalue weighted by molar-refractivity contribution is -0.386. The Morgan fingerprint density at radius 3 is 2.57 bits per heavy atom. The Morgan fingerprint density at radius 1 is 1.18 bits per heavy atom. The summed E-state index contributed by atoms with van der Waals surface area (Å²) in [6.07, 6.45) is 2.49. The molecule has 0 saturated carbocycles. The van der Waals surface area contributed by atoms with Crippen molar-refractivity contribution in [1.82, 2.24) is 9.97 Å². The molecule has 0 radical (unpaired) electrons. The van der Waals surface area contributed by atoms with Gasteiger partial charge < -0.3 is 14.5 Å². The second-order valence-electron chi connectivity index (χ2n) is 5.46. The van der Waals surface area contributed by atoms with Gasteiger partial charge in [-0.2, -0.15) is 0 Å². The van der Waals surface area contributed by atoms with Crippen molar-refractivity contribution < 1.29 is 19.2 Å². The number of carboxylic acids is 1. The van der Waals surface area contributed by atoms with Crippen LogP contribution in [0.5, 0.6) is 0 Å². The minimum Gasteiger partial charge on any atom is -0.478 e. The molecule has 1 aromatic carbocycles. The van der Waals surface area contributed by atoms with Crippen LogP contribution in [0.4, 0.5) is 5.69 Å². The first-order valence-electron chi connectivity index (χ1n) is 7.58. The molecule has 0 spiro atoms. The van der Waals surface area contributed by atoms with Crippen molar-refractivity contribution in [3.8, 4) is 11.3 Å². The average molecular weight is 404 g/mol. The molecule has 0 unspecified atom stereocenters. The van der Waals surface area contributed by atoms with Crippen molar-refractivity contribution in [1.29, 1.82) is 0 Å². The van der Waals surface area contributed by atoms with Crippen molar-refractivity contribution in [3.05, 3.63) is 83.3 Å². The summed E-state index contributed by atoms with van der Waals surface area (Å²) in [5, 5.41) is 20.0. The number of hydrogen-bond donors (Lipinski definition) is 3. The Kier molecular flexibility index (Phi) is 4.96.